The number of fused-ring (bicyclic) bond motifs is 1. The number of ether oxygens (including phenoxy) is 1. The van der Waals surface area contributed by atoms with Crippen LogP contribution in [0.25, 0.3) is 11.2 Å². The predicted molar refractivity (Wildman–Crippen MR) is 84.2 cm³/mol. The van der Waals surface area contributed by atoms with Gasteiger partial charge in [-0.25, -0.2) is 4.98 Å². The molecule has 6 heteroatoms. The number of imidazole rings is 1. The maximum Gasteiger partial charge on any atom is 0.215 e. The Bertz CT molecular complexity index is 607. The van der Waals surface area contributed by atoms with Crippen molar-refractivity contribution in [1.82, 2.24) is 19.4 Å². The smallest absolute Gasteiger partial charge is 0.215 e. The molecule has 0 unspecified atom stereocenters. The van der Waals surface area contributed by atoms with Crippen molar-refractivity contribution in [3.05, 3.63) is 18.0 Å². The van der Waals surface area contributed by atoms with Crippen molar-refractivity contribution >= 4 is 22.8 Å². The Kier molecular flexibility index (Phi) is 4.60. The summed E-state index contributed by atoms with van der Waals surface area (Å²) >= 11 is 5.91. The normalized spacial score (nSPS) is 15.9. The number of methoxy groups -OCH3 is 1. The minimum Gasteiger partial charge on any atom is -0.481 e. The molecule has 1 saturated heterocycles. The molecular formula is C15H21ClN4O. The molecule has 1 aliphatic rings. The van der Waals surface area contributed by atoms with E-state index in [0.29, 0.717) is 11.8 Å². The van der Waals surface area contributed by atoms with Crippen molar-refractivity contribution in [2.75, 3.05) is 32.6 Å². The molecule has 1 aliphatic heterocycles. The van der Waals surface area contributed by atoms with E-state index in [-0.39, 0.29) is 0 Å². The zero-order valence-electron chi connectivity index (χ0n) is 12.4. The molecule has 0 atom stereocenters. The SMILES string of the molecule is COc1ccc2nc(CCCl)n(CCN3CCCC3)c2n1. The van der Waals surface area contributed by atoms with Crippen LogP contribution in [0.4, 0.5) is 0 Å². The maximum atomic E-state index is 5.91. The van der Waals surface area contributed by atoms with Gasteiger partial charge in [-0.05, 0) is 32.0 Å². The molecule has 0 aromatic carbocycles. The number of hydrogen-bond acceptors (Lipinski definition) is 4. The van der Waals surface area contributed by atoms with Crippen LogP contribution < -0.4 is 4.74 Å². The third-order valence-corrected chi connectivity index (χ3v) is 4.20. The third-order valence-electron chi connectivity index (χ3n) is 4.01. The van der Waals surface area contributed by atoms with Crippen LogP contribution in [0.15, 0.2) is 12.1 Å². The van der Waals surface area contributed by atoms with Crippen molar-refractivity contribution in [2.45, 2.75) is 25.8 Å². The predicted octanol–water partition coefficient (Wildman–Crippen LogP) is 2.32. The lowest BCUT2D eigenvalue weighted by Crippen LogP contribution is -2.25. The summed E-state index contributed by atoms with van der Waals surface area (Å²) in [6, 6.07) is 3.82. The minimum absolute atomic E-state index is 0.574. The molecule has 5 nitrogen and oxygen atoms in total. The molecular weight excluding hydrogens is 288 g/mol. The summed E-state index contributed by atoms with van der Waals surface area (Å²) in [5.74, 6) is 2.21. The summed E-state index contributed by atoms with van der Waals surface area (Å²) in [5, 5.41) is 0. The topological polar surface area (TPSA) is 43.2 Å². The van der Waals surface area contributed by atoms with Gasteiger partial charge in [0.1, 0.15) is 11.3 Å². The van der Waals surface area contributed by atoms with Gasteiger partial charge in [0.15, 0.2) is 5.65 Å². The number of alkyl halides is 1. The van der Waals surface area contributed by atoms with Gasteiger partial charge in [-0.2, -0.15) is 4.98 Å². The van der Waals surface area contributed by atoms with Crippen molar-refractivity contribution < 1.29 is 4.74 Å². The monoisotopic (exact) mass is 308 g/mol. The van der Waals surface area contributed by atoms with Gasteiger partial charge in [-0.3, -0.25) is 0 Å². The van der Waals surface area contributed by atoms with E-state index in [1.54, 1.807) is 7.11 Å². The number of aryl methyl sites for hydroxylation is 1. The molecule has 0 bridgehead atoms. The van der Waals surface area contributed by atoms with E-state index in [2.05, 4.69) is 19.4 Å². The number of hydrogen-bond donors (Lipinski definition) is 0. The third kappa shape index (κ3) is 3.14. The zero-order chi connectivity index (χ0) is 14.7. The highest BCUT2D eigenvalue weighted by Crippen LogP contribution is 2.19. The number of halogens is 1. The molecule has 2 aromatic heterocycles. The Morgan fingerprint density at radius 3 is 2.71 bits per heavy atom. The molecule has 21 heavy (non-hydrogen) atoms. The second-order valence-corrected chi connectivity index (χ2v) is 5.74. The highest BCUT2D eigenvalue weighted by Gasteiger charge is 2.15. The summed E-state index contributed by atoms with van der Waals surface area (Å²) in [4.78, 5) is 11.7. The van der Waals surface area contributed by atoms with Crippen LogP contribution in [0.2, 0.25) is 0 Å². The van der Waals surface area contributed by atoms with Crippen LogP contribution >= 0.6 is 11.6 Å². The Hall–Kier alpha value is -1.33. The lowest BCUT2D eigenvalue weighted by Gasteiger charge is -2.16. The Morgan fingerprint density at radius 1 is 1.19 bits per heavy atom. The van der Waals surface area contributed by atoms with E-state index in [0.717, 1.165) is 36.5 Å². The fraction of sp³-hybridized carbons (Fsp3) is 0.600. The van der Waals surface area contributed by atoms with E-state index in [1.165, 1.54) is 25.9 Å². The molecule has 0 N–H and O–H groups in total. The summed E-state index contributed by atoms with van der Waals surface area (Å²) in [7, 11) is 1.64. The maximum absolute atomic E-state index is 5.91. The zero-order valence-corrected chi connectivity index (χ0v) is 13.1. The minimum atomic E-state index is 0.574. The van der Waals surface area contributed by atoms with Crippen molar-refractivity contribution in [1.29, 1.82) is 0 Å². The fourth-order valence-electron chi connectivity index (χ4n) is 2.90. The van der Waals surface area contributed by atoms with Crippen LogP contribution in [-0.4, -0.2) is 52.1 Å². The van der Waals surface area contributed by atoms with Gasteiger partial charge >= 0.3 is 0 Å². The summed E-state index contributed by atoms with van der Waals surface area (Å²) in [6.45, 7) is 4.35. The highest BCUT2D eigenvalue weighted by molar-refractivity contribution is 6.17. The van der Waals surface area contributed by atoms with Crippen LogP contribution in [0.1, 0.15) is 18.7 Å². The van der Waals surface area contributed by atoms with E-state index < -0.39 is 0 Å². The number of rotatable bonds is 6. The summed E-state index contributed by atoms with van der Waals surface area (Å²) in [6.07, 6.45) is 3.39. The van der Waals surface area contributed by atoms with Crippen molar-refractivity contribution in [3.63, 3.8) is 0 Å². The molecule has 0 spiro atoms. The quantitative estimate of drug-likeness (QED) is 0.768. The second-order valence-electron chi connectivity index (χ2n) is 5.36. The van der Waals surface area contributed by atoms with Crippen LogP contribution in [-0.2, 0) is 13.0 Å². The molecule has 3 rings (SSSR count). The molecule has 3 heterocycles. The van der Waals surface area contributed by atoms with Gasteiger partial charge in [-0.1, -0.05) is 0 Å². The summed E-state index contributed by atoms with van der Waals surface area (Å²) < 4.78 is 7.43. The molecule has 0 amide bonds. The molecule has 114 valence electrons. The van der Waals surface area contributed by atoms with Crippen molar-refractivity contribution in [2.24, 2.45) is 0 Å². The largest absolute Gasteiger partial charge is 0.481 e. The van der Waals surface area contributed by atoms with Gasteiger partial charge in [0, 0.05) is 31.5 Å². The average molecular weight is 309 g/mol. The van der Waals surface area contributed by atoms with Gasteiger partial charge in [-0.15, -0.1) is 11.6 Å². The number of aromatic nitrogens is 3. The Labute approximate surface area is 129 Å². The molecule has 2 aromatic rings. The number of likely N-dealkylation sites (tertiary alicyclic amines) is 1. The average Bonchev–Trinajstić information content (AvgIpc) is 3.12. The Balaban J connectivity index is 1.89. The lowest BCUT2D eigenvalue weighted by atomic mass is 10.4. The first-order valence-corrected chi connectivity index (χ1v) is 8.03. The van der Waals surface area contributed by atoms with Crippen LogP contribution in [0.3, 0.4) is 0 Å². The van der Waals surface area contributed by atoms with Gasteiger partial charge in [0.2, 0.25) is 5.88 Å². The number of nitrogens with zero attached hydrogens (tertiary/aromatic N) is 4. The fourth-order valence-corrected chi connectivity index (χ4v) is 3.07. The first kappa shape index (κ1) is 14.6. The molecule has 0 aliphatic carbocycles. The molecule has 0 radical (unpaired) electrons. The van der Waals surface area contributed by atoms with Crippen molar-refractivity contribution in [3.8, 4) is 5.88 Å². The van der Waals surface area contributed by atoms with Gasteiger partial charge in [0.25, 0.3) is 0 Å². The first-order valence-electron chi connectivity index (χ1n) is 7.50. The van der Waals surface area contributed by atoms with Gasteiger partial charge < -0.3 is 14.2 Å². The van der Waals surface area contributed by atoms with E-state index >= 15 is 0 Å². The molecule has 1 fully saturated rings. The van der Waals surface area contributed by atoms with Crippen LogP contribution in [0.5, 0.6) is 5.88 Å². The summed E-state index contributed by atoms with van der Waals surface area (Å²) in [5.41, 5.74) is 1.81. The van der Waals surface area contributed by atoms with Crippen LogP contribution in [0, 0.1) is 0 Å². The lowest BCUT2D eigenvalue weighted by molar-refractivity contribution is 0.322. The molecule has 0 saturated carbocycles. The first-order chi connectivity index (χ1) is 10.3. The van der Waals surface area contributed by atoms with E-state index in [4.69, 9.17) is 16.3 Å². The highest BCUT2D eigenvalue weighted by atomic mass is 35.5. The second kappa shape index (κ2) is 6.62. The standard InChI is InChI=1S/C15H21ClN4O/c1-21-14-5-4-12-15(18-14)20(13(17-12)6-7-16)11-10-19-8-2-3-9-19/h4-5H,2-3,6-11H2,1H3. The van der Waals surface area contributed by atoms with Gasteiger partial charge in [0.05, 0.1) is 7.11 Å². The van der Waals surface area contributed by atoms with E-state index in [1.807, 2.05) is 12.1 Å². The number of pyridine rings is 1. The van der Waals surface area contributed by atoms with E-state index in [9.17, 15) is 0 Å². The Morgan fingerprint density at radius 2 is 2.00 bits per heavy atom.